The molecule has 0 bridgehead atoms. The van der Waals surface area contributed by atoms with E-state index >= 15 is 0 Å². The first-order valence-corrected chi connectivity index (χ1v) is 14.1. The second-order valence-corrected chi connectivity index (χ2v) is 10.4. The topological polar surface area (TPSA) is 23.5 Å². The van der Waals surface area contributed by atoms with Gasteiger partial charge in [0.05, 0.1) is 0 Å². The van der Waals surface area contributed by atoms with Gasteiger partial charge in [0.1, 0.15) is 5.75 Å². The summed E-state index contributed by atoms with van der Waals surface area (Å²) in [6.45, 7) is 2.14. The van der Waals surface area contributed by atoms with E-state index < -0.39 is 17.0 Å². The molecule has 0 saturated carbocycles. The maximum absolute atomic E-state index is 10.8. The number of hydrogen-bond donors (Lipinski definition) is 1. The average Bonchev–Trinajstić information content (AvgIpc) is 2.67. The molecule has 0 amide bonds. The number of halogens is 2. The summed E-state index contributed by atoms with van der Waals surface area (Å²) in [6.07, 6.45) is 0.749. The van der Waals surface area contributed by atoms with Crippen molar-refractivity contribution in [1.82, 2.24) is 0 Å². The summed E-state index contributed by atoms with van der Waals surface area (Å²) < 4.78 is 0. The fraction of sp³-hybridized carbons (Fsp3) is 0.182. The summed E-state index contributed by atoms with van der Waals surface area (Å²) in [5.41, 5.74) is 4.67. The zero-order valence-electron chi connectivity index (χ0n) is 16.2. The Labute approximate surface area is 186 Å². The van der Waals surface area contributed by atoms with Gasteiger partial charge in [-0.1, -0.05) is 69.2 Å². The van der Waals surface area contributed by atoms with Gasteiger partial charge < -0.3 is 10.0 Å². The SMILES string of the molecule is Cc1cccc(N(C)C)c1Pc1cccc(Cc2ccccc2)c1O.[Cl][Ti][Cl]. The number of benzene rings is 3. The molecule has 0 spiro atoms. The van der Waals surface area contributed by atoms with Crippen molar-refractivity contribution < 1.29 is 22.1 Å². The van der Waals surface area contributed by atoms with Crippen LogP contribution in [0.1, 0.15) is 16.7 Å². The number of phenolic OH excluding ortho intramolecular Hbond substituents is 1. The minimum absolute atomic E-state index is 0.428. The first kappa shape index (κ1) is 23.3. The van der Waals surface area contributed by atoms with E-state index in [0.29, 0.717) is 14.3 Å². The Hall–Kier alpha value is -1.02. The van der Waals surface area contributed by atoms with E-state index in [0.717, 1.165) is 17.3 Å². The Morgan fingerprint density at radius 3 is 2.21 bits per heavy atom. The third-order valence-electron chi connectivity index (χ3n) is 4.35. The molecule has 3 rings (SSSR count). The first-order valence-electron chi connectivity index (χ1n) is 8.83. The Bertz CT molecular complexity index is 891. The number of aromatic hydroxyl groups is 1. The summed E-state index contributed by atoms with van der Waals surface area (Å²) in [4.78, 5) is 2.14. The molecule has 28 heavy (non-hydrogen) atoms. The molecule has 0 aliphatic carbocycles. The molecule has 146 valence electrons. The quantitative estimate of drug-likeness (QED) is 0.403. The van der Waals surface area contributed by atoms with Gasteiger partial charge in [0.15, 0.2) is 0 Å². The van der Waals surface area contributed by atoms with E-state index in [4.69, 9.17) is 18.6 Å². The van der Waals surface area contributed by atoms with E-state index in [2.05, 4.69) is 56.3 Å². The van der Waals surface area contributed by atoms with Crippen LogP contribution in [0.2, 0.25) is 0 Å². The van der Waals surface area contributed by atoms with E-state index in [-0.39, 0.29) is 0 Å². The molecule has 1 unspecified atom stereocenters. The predicted octanol–water partition coefficient (Wildman–Crippen LogP) is 5.36. The summed E-state index contributed by atoms with van der Waals surface area (Å²) in [7, 11) is 14.3. The van der Waals surface area contributed by atoms with E-state index in [1.165, 1.54) is 22.1 Å². The van der Waals surface area contributed by atoms with Crippen LogP contribution in [0.4, 0.5) is 5.69 Å². The van der Waals surface area contributed by atoms with Crippen molar-refractivity contribution in [3.63, 3.8) is 0 Å². The van der Waals surface area contributed by atoms with E-state index in [1.807, 2.05) is 36.4 Å². The zero-order chi connectivity index (χ0) is 20.5. The fourth-order valence-corrected chi connectivity index (χ4v) is 4.42. The van der Waals surface area contributed by atoms with Gasteiger partial charge in [-0.2, -0.15) is 0 Å². The van der Waals surface area contributed by atoms with Gasteiger partial charge in [-0.25, -0.2) is 0 Å². The minimum atomic E-state index is -0.556. The van der Waals surface area contributed by atoms with Gasteiger partial charge >= 0.3 is 35.6 Å². The summed E-state index contributed by atoms with van der Waals surface area (Å²) in [5, 5.41) is 13.1. The van der Waals surface area contributed by atoms with Crippen LogP contribution in [-0.4, -0.2) is 19.2 Å². The van der Waals surface area contributed by atoms with Crippen LogP contribution < -0.4 is 15.5 Å². The predicted molar refractivity (Wildman–Crippen MR) is 122 cm³/mol. The first-order chi connectivity index (χ1) is 13.5. The molecule has 0 heterocycles. The van der Waals surface area contributed by atoms with Gasteiger partial charge in [-0.15, -0.1) is 0 Å². The molecule has 0 aliphatic rings. The Morgan fingerprint density at radius 1 is 0.929 bits per heavy atom. The van der Waals surface area contributed by atoms with Gasteiger partial charge in [-0.05, 0) is 29.7 Å². The van der Waals surface area contributed by atoms with Crippen LogP contribution in [0.3, 0.4) is 0 Å². The molecule has 3 aromatic carbocycles. The second kappa shape index (κ2) is 11.9. The number of phenols is 1. The summed E-state index contributed by atoms with van der Waals surface area (Å²) in [6, 6.07) is 22.7. The number of rotatable bonds is 5. The number of para-hydroxylation sites is 1. The molecule has 2 nitrogen and oxygen atoms in total. The molecule has 1 atom stereocenters. The van der Waals surface area contributed by atoms with Crippen molar-refractivity contribution in [3.05, 3.63) is 83.4 Å². The van der Waals surface area contributed by atoms with Gasteiger partial charge in [0, 0.05) is 36.8 Å². The van der Waals surface area contributed by atoms with Crippen molar-refractivity contribution in [2.75, 3.05) is 19.0 Å². The third kappa shape index (κ3) is 6.51. The van der Waals surface area contributed by atoms with Gasteiger partial charge in [0.25, 0.3) is 0 Å². The van der Waals surface area contributed by atoms with Crippen molar-refractivity contribution in [3.8, 4) is 5.75 Å². The number of hydrogen-bond acceptors (Lipinski definition) is 2. The maximum atomic E-state index is 10.8. The Morgan fingerprint density at radius 2 is 1.57 bits per heavy atom. The molecule has 0 aromatic heterocycles. The van der Waals surface area contributed by atoms with Crippen LogP contribution in [0.5, 0.6) is 5.75 Å². The monoisotopic (exact) mass is 467 g/mol. The van der Waals surface area contributed by atoms with Crippen LogP contribution in [0, 0.1) is 6.92 Å². The van der Waals surface area contributed by atoms with Crippen molar-refractivity contribution >= 4 is 43.5 Å². The molecule has 0 radical (unpaired) electrons. The van der Waals surface area contributed by atoms with Crippen LogP contribution in [-0.2, 0) is 23.5 Å². The number of anilines is 1. The molecular weight excluding hydrogens is 444 g/mol. The van der Waals surface area contributed by atoms with Crippen molar-refractivity contribution in [2.45, 2.75) is 13.3 Å². The van der Waals surface area contributed by atoms with Crippen molar-refractivity contribution in [1.29, 1.82) is 0 Å². The Kier molecular flexibility index (Phi) is 9.85. The van der Waals surface area contributed by atoms with E-state index in [9.17, 15) is 5.11 Å². The molecular formula is C22H24Cl2NOPTi. The van der Waals surface area contributed by atoms with Crippen LogP contribution in [0.25, 0.3) is 0 Å². The number of aryl methyl sites for hydroxylation is 1. The molecule has 0 fully saturated rings. The molecule has 0 aliphatic heterocycles. The molecule has 1 N–H and O–H groups in total. The van der Waals surface area contributed by atoms with Gasteiger partial charge in [-0.3, -0.25) is 0 Å². The van der Waals surface area contributed by atoms with Crippen molar-refractivity contribution in [2.24, 2.45) is 0 Å². The standard InChI is InChI=1S/C22H24NOP.2ClH.Ti/c1-16-9-7-13-19(23(2)3)22(16)25-20-14-8-12-18(21(20)24)15-17-10-5-4-6-11-17;;;/h4-14,24-25H,15H2,1-3H3;2*1H;/q;;;+2/p-2. The van der Waals surface area contributed by atoms with Gasteiger partial charge in [0.2, 0.25) is 0 Å². The molecule has 6 heteroatoms. The summed E-state index contributed by atoms with van der Waals surface area (Å²) in [5.74, 6) is 0.428. The fourth-order valence-electron chi connectivity index (χ4n) is 2.97. The third-order valence-corrected chi connectivity index (χ3v) is 5.92. The van der Waals surface area contributed by atoms with Crippen LogP contribution in [0.15, 0.2) is 66.7 Å². The normalized spacial score (nSPS) is 10.5. The van der Waals surface area contributed by atoms with Crippen LogP contribution >= 0.6 is 27.2 Å². The Balaban J connectivity index is 0.000000878. The second-order valence-electron chi connectivity index (χ2n) is 6.54. The molecule has 0 saturated heterocycles. The summed E-state index contributed by atoms with van der Waals surface area (Å²) >= 11 is -0.556. The zero-order valence-corrected chi connectivity index (χ0v) is 20.3. The number of nitrogens with zero attached hydrogens (tertiary/aromatic N) is 1. The van der Waals surface area contributed by atoms with E-state index in [1.54, 1.807) is 0 Å². The molecule has 3 aromatic rings. The average molecular weight is 468 g/mol.